The molecule has 1 amide bonds. The Morgan fingerprint density at radius 2 is 1.50 bits per heavy atom. The lowest BCUT2D eigenvalue weighted by Crippen LogP contribution is -2.25. The normalized spacial score (nSPS) is 15.7. The zero-order valence-electron chi connectivity index (χ0n) is 22.0. The summed E-state index contributed by atoms with van der Waals surface area (Å²) < 4.78 is 11.0. The second kappa shape index (κ2) is 10.7. The third kappa shape index (κ3) is 5.01. The minimum atomic E-state index is -0.517. The Bertz CT molecular complexity index is 1600. The minimum absolute atomic E-state index is 0.442. The molecule has 5 nitrogen and oxygen atoms in total. The van der Waals surface area contributed by atoms with Crippen LogP contribution in [-0.2, 0) is 26.3 Å². The molecular formula is C34H28ClNO4. The van der Waals surface area contributed by atoms with Gasteiger partial charge in [-0.15, -0.1) is 0 Å². The molecule has 40 heavy (non-hydrogen) atoms. The summed E-state index contributed by atoms with van der Waals surface area (Å²) in [5.74, 6) is 0. The molecule has 0 heterocycles. The molecule has 6 heteroatoms. The summed E-state index contributed by atoms with van der Waals surface area (Å²) in [5, 5.41) is 3.58. The maximum Gasteiger partial charge on any atom is 0.411 e. The molecule has 0 aliphatic heterocycles. The molecule has 0 saturated heterocycles. The lowest BCUT2D eigenvalue weighted by atomic mass is 9.95. The van der Waals surface area contributed by atoms with Crippen LogP contribution in [0.4, 0.5) is 4.79 Å². The number of halogens is 1. The maximum atomic E-state index is 13.0. The molecular weight excluding hydrogens is 522 g/mol. The summed E-state index contributed by atoms with van der Waals surface area (Å²) >= 11 is 6.30. The van der Waals surface area contributed by atoms with E-state index in [-0.39, 0.29) is 0 Å². The third-order valence-electron chi connectivity index (χ3n) is 7.73. The molecule has 1 fully saturated rings. The smallest absolute Gasteiger partial charge is 0.411 e. The van der Waals surface area contributed by atoms with E-state index in [2.05, 4.69) is 53.8 Å². The molecule has 6 rings (SSSR count). The Balaban J connectivity index is 1.24. The fourth-order valence-electron chi connectivity index (χ4n) is 5.45. The van der Waals surface area contributed by atoms with Crippen molar-refractivity contribution in [3.8, 4) is 11.1 Å². The van der Waals surface area contributed by atoms with Crippen LogP contribution < -0.4 is 5.32 Å². The van der Waals surface area contributed by atoms with Gasteiger partial charge in [0.15, 0.2) is 0 Å². The zero-order valence-corrected chi connectivity index (χ0v) is 22.8. The van der Waals surface area contributed by atoms with Gasteiger partial charge in [-0.1, -0.05) is 103 Å². The summed E-state index contributed by atoms with van der Waals surface area (Å²) in [4.78, 5) is 23.8. The van der Waals surface area contributed by atoms with Gasteiger partial charge >= 0.3 is 6.09 Å². The van der Waals surface area contributed by atoms with E-state index in [1.807, 2.05) is 49.4 Å². The summed E-state index contributed by atoms with van der Waals surface area (Å²) in [7, 11) is 0. The van der Waals surface area contributed by atoms with Crippen LogP contribution >= 0.6 is 11.6 Å². The van der Waals surface area contributed by atoms with E-state index in [0.717, 1.165) is 63.1 Å². The standard InChI is InChI=1S/C34H28ClNO4/c1-22(28-7-4-5-9-30(28)35)40-33(38)36-31-20-26-6-2-3-8-29(26)32(31)25-12-10-23(11-13-25)24-14-16-27(17-15-24)34(18-19-34)39-21-37/h2-17,21-22H,18-20H2,1H3,(H,36,38)/t22-/m1/s1. The topological polar surface area (TPSA) is 64.6 Å². The highest BCUT2D eigenvalue weighted by Gasteiger charge is 2.46. The van der Waals surface area contributed by atoms with Gasteiger partial charge in [-0.25, -0.2) is 4.79 Å². The number of amides is 1. The van der Waals surface area contributed by atoms with Crippen LogP contribution in [0.5, 0.6) is 0 Å². The van der Waals surface area contributed by atoms with Crippen LogP contribution in [-0.4, -0.2) is 12.6 Å². The molecule has 0 radical (unpaired) electrons. The minimum Gasteiger partial charge on any atom is -0.456 e. The molecule has 2 aliphatic rings. The second-order valence-corrected chi connectivity index (χ2v) is 10.7. The number of hydrogen-bond acceptors (Lipinski definition) is 4. The van der Waals surface area contributed by atoms with Crippen molar-refractivity contribution in [3.05, 3.63) is 136 Å². The largest absolute Gasteiger partial charge is 0.456 e. The molecule has 0 spiro atoms. The van der Waals surface area contributed by atoms with Gasteiger partial charge in [-0.2, -0.15) is 0 Å². The third-order valence-corrected chi connectivity index (χ3v) is 8.08. The number of alkyl carbamates (subject to hydrolysis) is 1. The first-order chi connectivity index (χ1) is 19.5. The molecule has 1 atom stereocenters. The van der Waals surface area contributed by atoms with Crippen LogP contribution in [0, 0.1) is 0 Å². The number of benzene rings is 4. The van der Waals surface area contributed by atoms with E-state index < -0.39 is 17.8 Å². The van der Waals surface area contributed by atoms with E-state index in [9.17, 15) is 9.59 Å². The molecule has 0 aromatic heterocycles. The molecule has 1 N–H and O–H groups in total. The van der Waals surface area contributed by atoms with Gasteiger partial charge in [0.25, 0.3) is 6.47 Å². The molecule has 200 valence electrons. The maximum absolute atomic E-state index is 13.0. The van der Waals surface area contributed by atoms with E-state index in [4.69, 9.17) is 21.1 Å². The van der Waals surface area contributed by atoms with Crippen LogP contribution in [0.2, 0.25) is 5.02 Å². The molecule has 0 unspecified atom stereocenters. The van der Waals surface area contributed by atoms with Crippen LogP contribution in [0.15, 0.2) is 103 Å². The Kier molecular flexibility index (Phi) is 6.91. The summed E-state index contributed by atoms with van der Waals surface area (Å²) in [6.45, 7) is 2.35. The van der Waals surface area contributed by atoms with Gasteiger partial charge in [0, 0.05) is 28.3 Å². The van der Waals surface area contributed by atoms with Gasteiger partial charge < -0.3 is 9.47 Å². The van der Waals surface area contributed by atoms with Crippen LogP contribution in [0.3, 0.4) is 0 Å². The van der Waals surface area contributed by atoms with Crippen molar-refractivity contribution in [1.29, 1.82) is 0 Å². The number of ether oxygens (including phenoxy) is 2. The van der Waals surface area contributed by atoms with E-state index in [0.29, 0.717) is 17.9 Å². The van der Waals surface area contributed by atoms with Crippen molar-refractivity contribution in [2.24, 2.45) is 0 Å². The highest BCUT2D eigenvalue weighted by molar-refractivity contribution is 6.31. The first-order valence-electron chi connectivity index (χ1n) is 13.3. The van der Waals surface area contributed by atoms with Gasteiger partial charge in [0.2, 0.25) is 0 Å². The number of hydrogen-bond donors (Lipinski definition) is 1. The number of carbonyl (C=O) groups is 2. The first kappa shape index (κ1) is 25.9. The van der Waals surface area contributed by atoms with Crippen molar-refractivity contribution in [1.82, 2.24) is 5.32 Å². The van der Waals surface area contributed by atoms with Crippen molar-refractivity contribution in [2.45, 2.75) is 37.9 Å². The number of allylic oxidation sites excluding steroid dienone is 1. The van der Waals surface area contributed by atoms with E-state index in [1.165, 1.54) is 0 Å². The molecule has 2 aliphatic carbocycles. The van der Waals surface area contributed by atoms with Crippen molar-refractivity contribution in [2.75, 3.05) is 0 Å². The van der Waals surface area contributed by atoms with E-state index >= 15 is 0 Å². The van der Waals surface area contributed by atoms with Gasteiger partial charge in [0.1, 0.15) is 11.7 Å². The summed E-state index contributed by atoms with van der Waals surface area (Å²) in [6.07, 6.45) is 1.32. The van der Waals surface area contributed by atoms with Crippen LogP contribution in [0.25, 0.3) is 16.7 Å². The Morgan fingerprint density at radius 3 is 2.17 bits per heavy atom. The quantitative estimate of drug-likeness (QED) is 0.226. The van der Waals surface area contributed by atoms with Gasteiger partial charge in [0.05, 0.1) is 0 Å². The lowest BCUT2D eigenvalue weighted by Gasteiger charge is -2.17. The second-order valence-electron chi connectivity index (χ2n) is 10.2. The summed E-state index contributed by atoms with van der Waals surface area (Å²) in [5.41, 5.74) is 8.55. The Morgan fingerprint density at radius 1 is 0.875 bits per heavy atom. The average molecular weight is 550 g/mol. The van der Waals surface area contributed by atoms with Gasteiger partial charge in [-0.3, -0.25) is 10.1 Å². The molecule has 4 aromatic carbocycles. The first-order valence-corrected chi connectivity index (χ1v) is 13.7. The number of carbonyl (C=O) groups excluding carboxylic acids is 2. The summed E-state index contributed by atoms with van der Waals surface area (Å²) in [6, 6.07) is 32.1. The Hall–Kier alpha value is -4.35. The molecule has 4 aromatic rings. The highest BCUT2D eigenvalue weighted by atomic mass is 35.5. The van der Waals surface area contributed by atoms with Crippen LogP contribution in [0.1, 0.15) is 53.7 Å². The molecule has 1 saturated carbocycles. The Labute approximate surface area is 238 Å². The lowest BCUT2D eigenvalue weighted by molar-refractivity contribution is -0.136. The zero-order chi connectivity index (χ0) is 27.7. The monoisotopic (exact) mass is 549 g/mol. The predicted octanol–water partition coefficient (Wildman–Crippen LogP) is 7.97. The fourth-order valence-corrected chi connectivity index (χ4v) is 5.74. The SMILES string of the molecule is C[C@@H](OC(=O)NC1=C(c2ccc(-c3ccc(C4(OC=O)CC4)cc3)cc2)c2ccccc2C1)c1ccccc1Cl. The highest BCUT2D eigenvalue weighted by Crippen LogP contribution is 2.49. The van der Waals surface area contributed by atoms with Crippen molar-refractivity contribution < 1.29 is 19.1 Å². The number of fused-ring (bicyclic) bond motifs is 1. The van der Waals surface area contributed by atoms with Gasteiger partial charge in [-0.05, 0) is 59.2 Å². The average Bonchev–Trinajstić information content (AvgIpc) is 3.66. The van der Waals surface area contributed by atoms with Crippen molar-refractivity contribution in [3.63, 3.8) is 0 Å². The number of rotatable bonds is 8. The fraction of sp³-hybridized carbons (Fsp3) is 0.176. The van der Waals surface area contributed by atoms with Crippen molar-refractivity contribution >= 4 is 29.7 Å². The van der Waals surface area contributed by atoms with E-state index in [1.54, 1.807) is 6.07 Å². The molecule has 0 bridgehead atoms. The number of nitrogens with one attached hydrogen (secondary N) is 1. The predicted molar refractivity (Wildman–Crippen MR) is 156 cm³/mol.